The molecule has 70 valence electrons. The molecule has 0 amide bonds. The van der Waals surface area contributed by atoms with E-state index in [9.17, 15) is 4.79 Å². The molecule has 0 radical (unpaired) electrons. The van der Waals surface area contributed by atoms with Gasteiger partial charge in [0.15, 0.2) is 0 Å². The monoisotopic (exact) mass is 187 g/mol. The van der Waals surface area contributed by atoms with Crippen LogP contribution < -0.4 is 5.32 Å². The molecule has 0 bridgehead atoms. The molecule has 1 aliphatic rings. The number of hydrogen-bond donors (Lipinski definition) is 1. The Labute approximate surface area is 78.5 Å². The summed E-state index contributed by atoms with van der Waals surface area (Å²) in [7, 11) is 0. The van der Waals surface area contributed by atoms with Gasteiger partial charge in [0.1, 0.15) is 5.78 Å². The highest BCUT2D eigenvalue weighted by Crippen LogP contribution is 2.18. The summed E-state index contributed by atoms with van der Waals surface area (Å²) < 4.78 is 0. The highest BCUT2D eigenvalue weighted by atomic mass is 32.2. The van der Waals surface area contributed by atoms with Crippen LogP contribution >= 0.6 is 11.8 Å². The zero-order valence-electron chi connectivity index (χ0n) is 7.64. The van der Waals surface area contributed by atoms with Gasteiger partial charge in [0.2, 0.25) is 0 Å². The van der Waals surface area contributed by atoms with E-state index >= 15 is 0 Å². The number of carbonyl (C=O) groups excluding carboxylic acids is 1. The summed E-state index contributed by atoms with van der Waals surface area (Å²) in [4.78, 5) is 10.7. The fourth-order valence-corrected chi connectivity index (χ4v) is 2.64. The highest BCUT2D eigenvalue weighted by molar-refractivity contribution is 7.99. The maximum atomic E-state index is 10.7. The fourth-order valence-electron chi connectivity index (χ4n) is 1.33. The molecule has 0 aromatic rings. The Morgan fingerprint density at radius 3 is 3.08 bits per heavy atom. The Balaban J connectivity index is 2.01. The van der Waals surface area contributed by atoms with Gasteiger partial charge in [0.05, 0.1) is 0 Å². The largest absolute Gasteiger partial charge is 0.316 e. The van der Waals surface area contributed by atoms with E-state index in [-0.39, 0.29) is 0 Å². The lowest BCUT2D eigenvalue weighted by Crippen LogP contribution is -2.31. The van der Waals surface area contributed by atoms with Crippen molar-refractivity contribution in [2.24, 2.45) is 0 Å². The molecule has 0 aromatic carbocycles. The zero-order chi connectivity index (χ0) is 8.81. The molecule has 1 aliphatic heterocycles. The van der Waals surface area contributed by atoms with Crippen LogP contribution in [0.2, 0.25) is 0 Å². The molecule has 1 unspecified atom stereocenters. The van der Waals surface area contributed by atoms with Crippen molar-refractivity contribution in [3.05, 3.63) is 0 Å². The minimum absolute atomic E-state index is 0.311. The summed E-state index contributed by atoms with van der Waals surface area (Å²) in [6, 6.07) is 0. The second-order valence-electron chi connectivity index (χ2n) is 3.29. The number of piperidine rings is 1. The number of hydrogen-bond acceptors (Lipinski definition) is 3. The van der Waals surface area contributed by atoms with E-state index in [2.05, 4.69) is 5.32 Å². The molecule has 0 aliphatic carbocycles. The first-order valence-corrected chi connectivity index (χ1v) is 5.65. The van der Waals surface area contributed by atoms with E-state index in [0.29, 0.717) is 5.78 Å². The van der Waals surface area contributed by atoms with Crippen LogP contribution in [0.15, 0.2) is 0 Å². The molecule has 0 saturated carbocycles. The van der Waals surface area contributed by atoms with Crippen LogP contribution in [0.4, 0.5) is 0 Å². The number of nitrogens with one attached hydrogen (secondary N) is 1. The topological polar surface area (TPSA) is 29.1 Å². The van der Waals surface area contributed by atoms with Crippen LogP contribution in [0.3, 0.4) is 0 Å². The van der Waals surface area contributed by atoms with Gasteiger partial charge in [-0.25, -0.2) is 0 Å². The quantitative estimate of drug-likeness (QED) is 0.722. The van der Waals surface area contributed by atoms with Gasteiger partial charge >= 0.3 is 0 Å². The number of rotatable bonds is 4. The molecule has 0 spiro atoms. The van der Waals surface area contributed by atoms with Crippen molar-refractivity contribution in [1.29, 1.82) is 0 Å². The molecule has 2 nitrogen and oxygen atoms in total. The molecule has 1 N–H and O–H groups in total. The van der Waals surface area contributed by atoms with Crippen molar-refractivity contribution in [3.8, 4) is 0 Å². The second-order valence-corrected chi connectivity index (χ2v) is 4.70. The molecule has 1 rings (SSSR count). The predicted octanol–water partition coefficient (Wildman–Crippen LogP) is 1.45. The summed E-state index contributed by atoms with van der Waals surface area (Å²) >= 11 is 1.94. The summed E-state index contributed by atoms with van der Waals surface area (Å²) in [5.41, 5.74) is 0. The first-order valence-electron chi connectivity index (χ1n) is 4.61. The van der Waals surface area contributed by atoms with Gasteiger partial charge in [-0.05, 0) is 26.3 Å². The van der Waals surface area contributed by atoms with Crippen LogP contribution in [0.1, 0.15) is 26.2 Å². The first kappa shape index (κ1) is 10.1. The lowest BCUT2D eigenvalue weighted by molar-refractivity contribution is -0.116. The van der Waals surface area contributed by atoms with Crippen LogP contribution in [-0.4, -0.2) is 29.9 Å². The standard InChI is InChI=1S/C9H17NOS/c1-8(11)4-6-12-9-3-2-5-10-7-9/h9-10H,2-7H2,1H3. The van der Waals surface area contributed by atoms with Crippen molar-refractivity contribution < 1.29 is 4.79 Å². The van der Waals surface area contributed by atoms with Crippen molar-refractivity contribution >= 4 is 17.5 Å². The second kappa shape index (κ2) is 5.60. The predicted molar refractivity (Wildman–Crippen MR) is 53.6 cm³/mol. The molecule has 1 saturated heterocycles. The summed E-state index contributed by atoms with van der Waals surface area (Å²) in [5, 5.41) is 4.12. The van der Waals surface area contributed by atoms with Crippen molar-refractivity contribution in [3.63, 3.8) is 0 Å². The van der Waals surface area contributed by atoms with Gasteiger partial charge in [0.25, 0.3) is 0 Å². The van der Waals surface area contributed by atoms with E-state index < -0.39 is 0 Å². The van der Waals surface area contributed by atoms with E-state index in [0.717, 1.165) is 24.0 Å². The van der Waals surface area contributed by atoms with Gasteiger partial charge in [-0.2, -0.15) is 11.8 Å². The maximum Gasteiger partial charge on any atom is 0.130 e. The SMILES string of the molecule is CC(=O)CCSC1CCCNC1. The number of thioether (sulfide) groups is 1. The minimum Gasteiger partial charge on any atom is -0.316 e. The Morgan fingerprint density at radius 2 is 2.50 bits per heavy atom. The highest BCUT2D eigenvalue weighted by Gasteiger charge is 2.12. The van der Waals surface area contributed by atoms with Crippen molar-refractivity contribution in [2.45, 2.75) is 31.4 Å². The molecule has 12 heavy (non-hydrogen) atoms. The molecular weight excluding hydrogens is 170 g/mol. The maximum absolute atomic E-state index is 10.7. The molecule has 0 aromatic heterocycles. The van der Waals surface area contributed by atoms with Gasteiger partial charge in [0, 0.05) is 24.0 Å². The van der Waals surface area contributed by atoms with Gasteiger partial charge in [-0.1, -0.05) is 0 Å². The Hall–Kier alpha value is -0.0200. The van der Waals surface area contributed by atoms with E-state index in [1.54, 1.807) is 6.92 Å². The number of carbonyl (C=O) groups is 1. The molecule has 1 heterocycles. The Morgan fingerprint density at radius 1 is 1.67 bits per heavy atom. The summed E-state index contributed by atoms with van der Waals surface area (Å²) in [6.45, 7) is 3.96. The van der Waals surface area contributed by atoms with Gasteiger partial charge in [-0.3, -0.25) is 4.79 Å². The van der Waals surface area contributed by atoms with Crippen molar-refractivity contribution in [2.75, 3.05) is 18.8 Å². The number of ketones is 1. The smallest absolute Gasteiger partial charge is 0.130 e. The normalized spacial score (nSPS) is 23.9. The van der Waals surface area contributed by atoms with Gasteiger partial charge in [-0.15, -0.1) is 0 Å². The van der Waals surface area contributed by atoms with E-state index in [1.165, 1.54) is 19.4 Å². The third kappa shape index (κ3) is 4.12. The molecule has 1 fully saturated rings. The van der Waals surface area contributed by atoms with Crippen LogP contribution in [-0.2, 0) is 4.79 Å². The molecular formula is C9H17NOS. The third-order valence-corrected chi connectivity index (χ3v) is 3.37. The first-order chi connectivity index (χ1) is 5.79. The van der Waals surface area contributed by atoms with E-state index in [1.807, 2.05) is 11.8 Å². The molecule has 3 heteroatoms. The molecule has 1 atom stereocenters. The average Bonchev–Trinajstić information content (AvgIpc) is 2.05. The van der Waals surface area contributed by atoms with Crippen LogP contribution in [0, 0.1) is 0 Å². The summed E-state index contributed by atoms with van der Waals surface area (Å²) in [6.07, 6.45) is 3.34. The Bertz CT molecular complexity index is 143. The summed E-state index contributed by atoms with van der Waals surface area (Å²) in [5.74, 6) is 1.31. The van der Waals surface area contributed by atoms with Gasteiger partial charge < -0.3 is 5.32 Å². The van der Waals surface area contributed by atoms with Crippen molar-refractivity contribution in [1.82, 2.24) is 5.32 Å². The average molecular weight is 187 g/mol. The van der Waals surface area contributed by atoms with Crippen LogP contribution in [0.25, 0.3) is 0 Å². The lowest BCUT2D eigenvalue weighted by Gasteiger charge is -2.21. The van der Waals surface area contributed by atoms with Crippen LogP contribution in [0.5, 0.6) is 0 Å². The Kier molecular flexibility index (Phi) is 4.69. The lowest BCUT2D eigenvalue weighted by atomic mass is 10.2. The van der Waals surface area contributed by atoms with E-state index in [4.69, 9.17) is 0 Å². The zero-order valence-corrected chi connectivity index (χ0v) is 8.45. The number of Topliss-reactive ketones (excluding diaryl/α,β-unsaturated/α-hetero) is 1. The fraction of sp³-hybridized carbons (Fsp3) is 0.889. The third-order valence-electron chi connectivity index (χ3n) is 2.06. The minimum atomic E-state index is 0.311.